The Bertz CT molecular complexity index is 1200. The minimum atomic E-state index is -1.07. The van der Waals surface area contributed by atoms with Crippen LogP contribution in [0.5, 0.6) is 11.5 Å². The van der Waals surface area contributed by atoms with Crippen molar-refractivity contribution < 1.29 is 19.1 Å². The number of nitrogens with one attached hydrogen (secondary N) is 1. The van der Waals surface area contributed by atoms with Crippen LogP contribution in [0.15, 0.2) is 48.5 Å². The van der Waals surface area contributed by atoms with Gasteiger partial charge in [0, 0.05) is 17.4 Å². The molecule has 2 aromatic carbocycles. The Labute approximate surface area is 177 Å². The highest BCUT2D eigenvalue weighted by atomic mass is 35.5. The average Bonchev–Trinajstić information content (AvgIpc) is 3.26. The predicted octanol–water partition coefficient (Wildman–Crippen LogP) is 3.67. The van der Waals surface area contributed by atoms with Gasteiger partial charge in [0.25, 0.3) is 5.91 Å². The molecule has 1 atom stereocenters. The number of hydrogen-bond acceptors (Lipinski definition) is 5. The van der Waals surface area contributed by atoms with Crippen molar-refractivity contribution in [2.45, 2.75) is 25.4 Å². The summed E-state index contributed by atoms with van der Waals surface area (Å²) in [5.41, 5.74) is 1.17. The third-order valence-corrected chi connectivity index (χ3v) is 5.75. The molecule has 0 bridgehead atoms. The summed E-state index contributed by atoms with van der Waals surface area (Å²) in [6.45, 7) is 1.95. The van der Waals surface area contributed by atoms with E-state index in [1.807, 2.05) is 42.5 Å². The standard InChI is InChI=1S/C22H18ClN3O4/c1-22(10-13-6-7-17-18(8-13)30-12-29-17)20(27)26(21(28)25-22)11-15-9-14-4-2-3-5-16(14)24-19(15)23/h2-9H,10-12H2,1H3,(H,25,28)/t22-/m1/s1. The van der Waals surface area contributed by atoms with Crippen molar-refractivity contribution in [1.82, 2.24) is 15.2 Å². The first kappa shape index (κ1) is 18.7. The first-order valence-corrected chi connectivity index (χ1v) is 9.87. The zero-order valence-electron chi connectivity index (χ0n) is 16.1. The number of carbonyl (C=O) groups is 2. The number of carbonyl (C=O) groups excluding carboxylic acids is 2. The van der Waals surface area contributed by atoms with Crippen LogP contribution in [-0.2, 0) is 17.8 Å². The molecule has 5 rings (SSSR count). The number of rotatable bonds is 4. The Hall–Kier alpha value is -3.32. The molecule has 0 aliphatic carbocycles. The molecule has 3 heterocycles. The predicted molar refractivity (Wildman–Crippen MR) is 111 cm³/mol. The number of hydrogen-bond donors (Lipinski definition) is 1. The molecule has 0 radical (unpaired) electrons. The van der Waals surface area contributed by atoms with Gasteiger partial charge in [-0.1, -0.05) is 35.9 Å². The second kappa shape index (κ2) is 6.88. The first-order valence-electron chi connectivity index (χ1n) is 9.50. The van der Waals surface area contributed by atoms with Crippen molar-refractivity contribution in [2.24, 2.45) is 0 Å². The maximum atomic E-state index is 13.2. The first-order chi connectivity index (χ1) is 14.4. The molecule has 0 unspecified atom stereocenters. The van der Waals surface area contributed by atoms with E-state index in [4.69, 9.17) is 21.1 Å². The van der Waals surface area contributed by atoms with Gasteiger partial charge in [0.1, 0.15) is 10.7 Å². The summed E-state index contributed by atoms with van der Waals surface area (Å²) in [5, 5.41) is 4.00. The van der Waals surface area contributed by atoms with Crippen LogP contribution in [0.3, 0.4) is 0 Å². The van der Waals surface area contributed by atoms with Gasteiger partial charge in [0.15, 0.2) is 11.5 Å². The maximum absolute atomic E-state index is 13.2. The minimum Gasteiger partial charge on any atom is -0.454 e. The van der Waals surface area contributed by atoms with Gasteiger partial charge in [0.2, 0.25) is 6.79 Å². The highest BCUT2D eigenvalue weighted by Crippen LogP contribution is 2.34. The number of ether oxygens (including phenoxy) is 2. The number of pyridine rings is 1. The van der Waals surface area contributed by atoms with Crippen molar-refractivity contribution in [3.8, 4) is 11.5 Å². The molecule has 1 N–H and O–H groups in total. The van der Waals surface area contributed by atoms with Crippen LogP contribution in [0, 0.1) is 0 Å². The molecule has 3 aromatic rings. The van der Waals surface area contributed by atoms with Crippen molar-refractivity contribution in [3.05, 3.63) is 64.8 Å². The van der Waals surface area contributed by atoms with Gasteiger partial charge in [-0.25, -0.2) is 9.78 Å². The fourth-order valence-electron chi connectivity index (χ4n) is 3.89. The second-order valence-corrected chi connectivity index (χ2v) is 8.01. The molecule has 0 spiro atoms. The molecule has 2 aliphatic rings. The van der Waals surface area contributed by atoms with Crippen LogP contribution < -0.4 is 14.8 Å². The number of benzene rings is 2. The summed E-state index contributed by atoms with van der Waals surface area (Å²) in [5.74, 6) is 0.999. The Balaban J connectivity index is 1.39. The van der Waals surface area contributed by atoms with Crippen LogP contribution in [0.1, 0.15) is 18.1 Å². The lowest BCUT2D eigenvalue weighted by Crippen LogP contribution is -2.45. The largest absolute Gasteiger partial charge is 0.454 e. The molecule has 30 heavy (non-hydrogen) atoms. The SMILES string of the molecule is C[C@]1(Cc2ccc3c(c2)OCO3)NC(=O)N(Cc2cc3ccccc3nc2Cl)C1=O. The fourth-order valence-corrected chi connectivity index (χ4v) is 4.09. The van der Waals surface area contributed by atoms with Crippen molar-refractivity contribution in [3.63, 3.8) is 0 Å². The molecular weight excluding hydrogens is 406 g/mol. The lowest BCUT2D eigenvalue weighted by molar-refractivity contribution is -0.131. The van der Waals surface area contributed by atoms with Crippen LogP contribution in [0.25, 0.3) is 10.9 Å². The minimum absolute atomic E-state index is 0.0536. The molecular formula is C22H18ClN3O4. The topological polar surface area (TPSA) is 80.8 Å². The monoisotopic (exact) mass is 423 g/mol. The van der Waals surface area contributed by atoms with Gasteiger partial charge < -0.3 is 14.8 Å². The van der Waals surface area contributed by atoms with Gasteiger partial charge >= 0.3 is 6.03 Å². The Kier molecular flexibility index (Phi) is 4.29. The van der Waals surface area contributed by atoms with Crippen LogP contribution in [0.4, 0.5) is 4.79 Å². The van der Waals surface area contributed by atoms with Crippen LogP contribution in [0.2, 0.25) is 5.15 Å². The highest BCUT2D eigenvalue weighted by molar-refractivity contribution is 6.30. The van der Waals surface area contributed by atoms with Crippen molar-refractivity contribution in [1.29, 1.82) is 0 Å². The van der Waals surface area contributed by atoms with E-state index in [1.54, 1.807) is 13.0 Å². The van der Waals surface area contributed by atoms with E-state index >= 15 is 0 Å². The molecule has 3 amide bonds. The number of urea groups is 1. The van der Waals surface area contributed by atoms with Crippen LogP contribution >= 0.6 is 11.6 Å². The maximum Gasteiger partial charge on any atom is 0.325 e. The quantitative estimate of drug-likeness (QED) is 0.511. The molecule has 0 saturated carbocycles. The molecule has 2 aliphatic heterocycles. The van der Waals surface area contributed by atoms with Gasteiger partial charge in [-0.15, -0.1) is 0 Å². The number of halogens is 1. The van der Waals surface area contributed by atoms with E-state index < -0.39 is 11.6 Å². The van der Waals surface area contributed by atoms with E-state index in [0.29, 0.717) is 23.5 Å². The summed E-state index contributed by atoms with van der Waals surface area (Å²) in [6.07, 6.45) is 0.328. The summed E-state index contributed by atoms with van der Waals surface area (Å²) < 4.78 is 10.7. The lowest BCUT2D eigenvalue weighted by Gasteiger charge is -2.22. The van der Waals surface area contributed by atoms with Crippen molar-refractivity contribution >= 4 is 34.4 Å². The number of aromatic nitrogens is 1. The number of amides is 3. The molecule has 152 valence electrons. The zero-order chi connectivity index (χ0) is 20.9. The van der Waals surface area contributed by atoms with E-state index in [-0.39, 0.29) is 24.4 Å². The fraction of sp³-hybridized carbons (Fsp3) is 0.227. The van der Waals surface area contributed by atoms with E-state index in [2.05, 4.69) is 10.3 Å². The summed E-state index contributed by atoms with van der Waals surface area (Å²) >= 11 is 6.33. The number of para-hydroxylation sites is 1. The second-order valence-electron chi connectivity index (χ2n) is 7.65. The Morgan fingerprint density at radius 2 is 1.93 bits per heavy atom. The molecule has 8 heteroatoms. The smallest absolute Gasteiger partial charge is 0.325 e. The number of nitrogens with zero attached hydrogens (tertiary/aromatic N) is 2. The zero-order valence-corrected chi connectivity index (χ0v) is 16.9. The molecule has 1 aromatic heterocycles. The van der Waals surface area contributed by atoms with E-state index in [9.17, 15) is 9.59 Å². The molecule has 1 saturated heterocycles. The van der Waals surface area contributed by atoms with Gasteiger partial charge in [0.05, 0.1) is 12.1 Å². The van der Waals surface area contributed by atoms with Gasteiger partial charge in [-0.05, 0) is 36.8 Å². The Morgan fingerprint density at radius 1 is 1.13 bits per heavy atom. The van der Waals surface area contributed by atoms with Crippen LogP contribution in [-0.4, -0.2) is 34.2 Å². The molecule has 7 nitrogen and oxygen atoms in total. The lowest BCUT2D eigenvalue weighted by atomic mass is 9.92. The van der Waals surface area contributed by atoms with Gasteiger partial charge in [-0.3, -0.25) is 9.69 Å². The molecule has 1 fully saturated rings. The summed E-state index contributed by atoms with van der Waals surface area (Å²) in [6, 6.07) is 14.5. The summed E-state index contributed by atoms with van der Waals surface area (Å²) in [7, 11) is 0. The average molecular weight is 424 g/mol. The van der Waals surface area contributed by atoms with E-state index in [1.165, 1.54) is 4.90 Å². The summed E-state index contributed by atoms with van der Waals surface area (Å²) in [4.78, 5) is 31.4. The van der Waals surface area contributed by atoms with Gasteiger partial charge in [-0.2, -0.15) is 0 Å². The third-order valence-electron chi connectivity index (χ3n) is 5.42. The van der Waals surface area contributed by atoms with E-state index in [0.717, 1.165) is 16.5 Å². The Morgan fingerprint density at radius 3 is 2.80 bits per heavy atom. The van der Waals surface area contributed by atoms with Crippen molar-refractivity contribution in [2.75, 3.05) is 6.79 Å². The highest BCUT2D eigenvalue weighted by Gasteiger charge is 2.47. The normalized spacial score (nSPS) is 20.1. The third kappa shape index (κ3) is 3.11. The number of fused-ring (bicyclic) bond motifs is 2. The number of imide groups is 1.